The number of hydrogen-bond acceptors (Lipinski definition) is 2. The Morgan fingerprint density at radius 3 is 2.54 bits per heavy atom. The van der Waals surface area contributed by atoms with Gasteiger partial charge in [0.2, 0.25) is 0 Å². The van der Waals surface area contributed by atoms with Gasteiger partial charge in [-0.15, -0.1) is 0 Å². The van der Waals surface area contributed by atoms with Crippen molar-refractivity contribution in [3.8, 4) is 0 Å². The number of carbonyl (C=O) groups is 1. The van der Waals surface area contributed by atoms with Crippen molar-refractivity contribution in [2.75, 3.05) is 6.61 Å². The maximum absolute atomic E-state index is 11.8. The Morgan fingerprint density at radius 2 is 2.08 bits per heavy atom. The predicted molar refractivity (Wildman–Crippen MR) is 52.3 cm³/mol. The monoisotopic (exact) mass is 184 g/mol. The molecule has 1 saturated carbocycles. The molecule has 0 aliphatic heterocycles. The van der Waals surface area contributed by atoms with Gasteiger partial charge in [-0.1, -0.05) is 20.8 Å². The zero-order valence-electron chi connectivity index (χ0n) is 8.79. The van der Waals surface area contributed by atoms with Crippen molar-refractivity contribution in [2.45, 2.75) is 33.6 Å². The van der Waals surface area contributed by atoms with Gasteiger partial charge >= 0.3 is 0 Å². The third-order valence-electron chi connectivity index (χ3n) is 3.35. The van der Waals surface area contributed by atoms with Gasteiger partial charge in [0, 0.05) is 11.8 Å². The highest BCUT2D eigenvalue weighted by Crippen LogP contribution is 2.34. The number of Topliss-reactive ketones (excluding diaryl/α,β-unsaturated/α-hetero) is 1. The number of aliphatic hydroxyl groups excluding tert-OH is 1. The van der Waals surface area contributed by atoms with Crippen molar-refractivity contribution >= 4 is 5.78 Å². The molecule has 1 rings (SSSR count). The Hall–Kier alpha value is -0.370. The lowest BCUT2D eigenvalue weighted by molar-refractivity contribution is -0.134. The van der Waals surface area contributed by atoms with Gasteiger partial charge in [-0.3, -0.25) is 4.79 Å². The lowest BCUT2D eigenvalue weighted by Crippen LogP contribution is -2.38. The fourth-order valence-electron chi connectivity index (χ4n) is 2.27. The molecular formula is C11H20O2. The number of carbonyl (C=O) groups excluding carboxylic acids is 1. The first kappa shape index (κ1) is 10.7. The van der Waals surface area contributed by atoms with E-state index in [4.69, 9.17) is 5.11 Å². The SMILES string of the molecule is CC(C)[C@H]1CC[C@@H](C)[C@@H](CO)C1=O. The second-order valence-electron chi connectivity index (χ2n) is 4.60. The zero-order valence-corrected chi connectivity index (χ0v) is 8.79. The molecule has 1 aliphatic rings. The number of ketones is 1. The lowest BCUT2D eigenvalue weighted by Gasteiger charge is -2.33. The molecule has 76 valence electrons. The molecule has 1 N–H and O–H groups in total. The summed E-state index contributed by atoms with van der Waals surface area (Å²) in [5, 5.41) is 9.11. The van der Waals surface area contributed by atoms with Crippen molar-refractivity contribution in [1.82, 2.24) is 0 Å². The molecule has 0 aromatic heterocycles. The maximum atomic E-state index is 11.8. The highest BCUT2D eigenvalue weighted by atomic mass is 16.3. The number of rotatable bonds is 2. The summed E-state index contributed by atoms with van der Waals surface area (Å²) in [6.07, 6.45) is 2.09. The molecule has 0 heterocycles. The van der Waals surface area contributed by atoms with Crippen LogP contribution < -0.4 is 0 Å². The molecule has 0 aromatic rings. The first-order chi connectivity index (χ1) is 6.07. The quantitative estimate of drug-likeness (QED) is 0.711. The van der Waals surface area contributed by atoms with E-state index in [2.05, 4.69) is 20.8 Å². The highest BCUT2D eigenvalue weighted by Gasteiger charge is 2.36. The van der Waals surface area contributed by atoms with E-state index in [-0.39, 0.29) is 24.2 Å². The standard InChI is InChI=1S/C11H20O2/c1-7(2)9-5-4-8(3)10(6-12)11(9)13/h7-10,12H,4-6H2,1-3H3/t8-,9-,10-/m1/s1. The van der Waals surface area contributed by atoms with E-state index in [1.807, 2.05) is 0 Å². The van der Waals surface area contributed by atoms with Crippen LogP contribution in [-0.4, -0.2) is 17.5 Å². The minimum absolute atomic E-state index is 0.0310. The Labute approximate surface area is 80.3 Å². The van der Waals surface area contributed by atoms with Crippen molar-refractivity contribution in [3.63, 3.8) is 0 Å². The second-order valence-corrected chi connectivity index (χ2v) is 4.60. The Balaban J connectivity index is 2.69. The Kier molecular flexibility index (Phi) is 3.48. The van der Waals surface area contributed by atoms with E-state index in [1.165, 1.54) is 0 Å². The first-order valence-corrected chi connectivity index (χ1v) is 5.22. The van der Waals surface area contributed by atoms with Crippen LogP contribution in [0.5, 0.6) is 0 Å². The number of hydrogen-bond donors (Lipinski definition) is 1. The maximum Gasteiger partial charge on any atom is 0.141 e. The van der Waals surface area contributed by atoms with Crippen LogP contribution in [-0.2, 0) is 4.79 Å². The van der Waals surface area contributed by atoms with E-state index in [1.54, 1.807) is 0 Å². The summed E-state index contributed by atoms with van der Waals surface area (Å²) in [5.74, 6) is 1.17. The van der Waals surface area contributed by atoms with E-state index in [0.717, 1.165) is 12.8 Å². The molecule has 3 atom stereocenters. The molecule has 0 radical (unpaired) electrons. The molecule has 0 aromatic carbocycles. The van der Waals surface area contributed by atoms with E-state index in [9.17, 15) is 4.79 Å². The molecule has 2 heteroatoms. The summed E-state index contributed by atoms with van der Waals surface area (Å²) >= 11 is 0. The van der Waals surface area contributed by atoms with E-state index < -0.39 is 0 Å². The topological polar surface area (TPSA) is 37.3 Å². The van der Waals surface area contributed by atoms with Crippen LogP contribution in [0.25, 0.3) is 0 Å². The van der Waals surface area contributed by atoms with E-state index in [0.29, 0.717) is 11.8 Å². The highest BCUT2D eigenvalue weighted by molar-refractivity contribution is 5.84. The summed E-state index contributed by atoms with van der Waals surface area (Å²) < 4.78 is 0. The van der Waals surface area contributed by atoms with Crippen LogP contribution in [0.1, 0.15) is 33.6 Å². The van der Waals surface area contributed by atoms with Crippen molar-refractivity contribution in [2.24, 2.45) is 23.7 Å². The number of aliphatic hydroxyl groups is 1. The largest absolute Gasteiger partial charge is 0.396 e. The lowest BCUT2D eigenvalue weighted by atomic mass is 9.70. The molecule has 0 amide bonds. The molecule has 0 saturated heterocycles. The molecule has 0 unspecified atom stereocenters. The fraction of sp³-hybridized carbons (Fsp3) is 0.909. The van der Waals surface area contributed by atoms with Gasteiger partial charge in [-0.2, -0.15) is 0 Å². The van der Waals surface area contributed by atoms with Crippen LogP contribution in [0.15, 0.2) is 0 Å². The smallest absolute Gasteiger partial charge is 0.141 e. The van der Waals surface area contributed by atoms with Gasteiger partial charge in [0.05, 0.1) is 6.61 Å². The average Bonchev–Trinajstić information content (AvgIpc) is 2.04. The molecule has 13 heavy (non-hydrogen) atoms. The van der Waals surface area contributed by atoms with Gasteiger partial charge in [0.25, 0.3) is 0 Å². The summed E-state index contributed by atoms with van der Waals surface area (Å²) in [6.45, 7) is 6.28. The molecule has 1 aliphatic carbocycles. The predicted octanol–water partition coefficient (Wildman–Crippen LogP) is 1.87. The Bertz CT molecular complexity index is 183. The van der Waals surface area contributed by atoms with Crippen LogP contribution in [0.3, 0.4) is 0 Å². The van der Waals surface area contributed by atoms with Crippen molar-refractivity contribution in [3.05, 3.63) is 0 Å². The van der Waals surface area contributed by atoms with Gasteiger partial charge in [-0.05, 0) is 24.7 Å². The van der Waals surface area contributed by atoms with Crippen LogP contribution in [0.4, 0.5) is 0 Å². The molecule has 2 nitrogen and oxygen atoms in total. The van der Waals surface area contributed by atoms with Gasteiger partial charge < -0.3 is 5.11 Å². The molecule has 0 spiro atoms. The van der Waals surface area contributed by atoms with Gasteiger partial charge in [-0.25, -0.2) is 0 Å². The molecular weight excluding hydrogens is 164 g/mol. The zero-order chi connectivity index (χ0) is 10.0. The second kappa shape index (κ2) is 4.23. The molecule has 0 bridgehead atoms. The fourth-order valence-corrected chi connectivity index (χ4v) is 2.27. The third-order valence-corrected chi connectivity index (χ3v) is 3.35. The van der Waals surface area contributed by atoms with Gasteiger partial charge in [0.1, 0.15) is 5.78 Å². The third kappa shape index (κ3) is 2.11. The normalized spacial score (nSPS) is 35.5. The Morgan fingerprint density at radius 1 is 1.46 bits per heavy atom. The minimum atomic E-state index is -0.0962. The summed E-state index contributed by atoms with van der Waals surface area (Å²) in [4.78, 5) is 11.8. The van der Waals surface area contributed by atoms with Crippen molar-refractivity contribution in [1.29, 1.82) is 0 Å². The summed E-state index contributed by atoms with van der Waals surface area (Å²) in [6, 6.07) is 0. The first-order valence-electron chi connectivity index (χ1n) is 5.22. The van der Waals surface area contributed by atoms with Crippen LogP contribution in [0.2, 0.25) is 0 Å². The summed E-state index contributed by atoms with van der Waals surface area (Å²) in [7, 11) is 0. The van der Waals surface area contributed by atoms with Gasteiger partial charge in [0.15, 0.2) is 0 Å². The van der Waals surface area contributed by atoms with Crippen LogP contribution >= 0.6 is 0 Å². The van der Waals surface area contributed by atoms with Crippen LogP contribution in [0, 0.1) is 23.7 Å². The minimum Gasteiger partial charge on any atom is -0.396 e. The molecule has 1 fully saturated rings. The van der Waals surface area contributed by atoms with E-state index >= 15 is 0 Å². The van der Waals surface area contributed by atoms with Crippen molar-refractivity contribution < 1.29 is 9.90 Å². The average molecular weight is 184 g/mol. The summed E-state index contributed by atoms with van der Waals surface area (Å²) in [5.41, 5.74) is 0.